The van der Waals surface area contributed by atoms with Gasteiger partial charge >= 0.3 is 0 Å². The lowest BCUT2D eigenvalue weighted by Crippen LogP contribution is -2.25. The van der Waals surface area contributed by atoms with Gasteiger partial charge in [0.15, 0.2) is 0 Å². The van der Waals surface area contributed by atoms with Crippen LogP contribution in [0.2, 0.25) is 5.02 Å². The van der Waals surface area contributed by atoms with Gasteiger partial charge in [0, 0.05) is 11.4 Å². The quantitative estimate of drug-likeness (QED) is 0.883. The Morgan fingerprint density at radius 1 is 1.16 bits per heavy atom. The van der Waals surface area contributed by atoms with E-state index in [1.54, 1.807) is 6.07 Å². The maximum Gasteiger partial charge on any atom is 0.126 e. The first kappa shape index (κ1) is 12.6. The van der Waals surface area contributed by atoms with Crippen molar-refractivity contribution in [3.05, 3.63) is 70.0 Å². The van der Waals surface area contributed by atoms with E-state index in [1.165, 1.54) is 6.07 Å². The molecule has 0 saturated heterocycles. The van der Waals surface area contributed by atoms with Gasteiger partial charge in [0.25, 0.3) is 0 Å². The molecule has 0 saturated carbocycles. The van der Waals surface area contributed by atoms with Crippen molar-refractivity contribution in [1.82, 2.24) is 0 Å². The normalized spacial score (nSPS) is 21.4. The van der Waals surface area contributed by atoms with E-state index in [2.05, 4.69) is 0 Å². The summed E-state index contributed by atoms with van der Waals surface area (Å²) in [6.07, 6.45) is 1.64. The zero-order chi connectivity index (χ0) is 13.5. The molecule has 0 aromatic heterocycles. The molecule has 19 heavy (non-hydrogen) atoms. The summed E-state index contributed by atoms with van der Waals surface area (Å²) >= 11 is 5.85. The lowest BCUT2D eigenvalue weighted by atomic mass is 9.89. The van der Waals surface area contributed by atoms with Gasteiger partial charge in [0.2, 0.25) is 0 Å². The van der Waals surface area contributed by atoms with Crippen LogP contribution in [0.5, 0.6) is 0 Å². The third-order valence-corrected chi connectivity index (χ3v) is 4.07. The van der Waals surface area contributed by atoms with Crippen LogP contribution in [0.15, 0.2) is 42.5 Å². The lowest BCUT2D eigenvalue weighted by Gasteiger charge is -2.24. The number of halogens is 2. The first-order valence-corrected chi connectivity index (χ1v) is 6.71. The molecule has 98 valence electrons. The Hall–Kier alpha value is -1.38. The highest BCUT2D eigenvalue weighted by atomic mass is 35.5. The minimum Gasteiger partial charge on any atom is -0.385 e. The van der Waals surface area contributed by atoms with Crippen molar-refractivity contribution < 1.29 is 9.50 Å². The molecule has 1 unspecified atom stereocenters. The maximum atomic E-state index is 13.7. The molecule has 1 atom stereocenters. The van der Waals surface area contributed by atoms with Gasteiger partial charge in [0.1, 0.15) is 5.82 Å². The Balaban J connectivity index is 1.94. The summed E-state index contributed by atoms with van der Waals surface area (Å²) in [5.74, 6) is -0.218. The first-order valence-electron chi connectivity index (χ1n) is 6.33. The van der Waals surface area contributed by atoms with E-state index in [4.69, 9.17) is 11.6 Å². The molecule has 0 bridgehead atoms. The third-order valence-electron chi connectivity index (χ3n) is 3.82. The molecule has 2 aromatic rings. The third kappa shape index (κ3) is 2.26. The van der Waals surface area contributed by atoms with Crippen LogP contribution in [0.3, 0.4) is 0 Å². The predicted octanol–water partition coefficient (Wildman–Crippen LogP) is 3.86. The van der Waals surface area contributed by atoms with Crippen molar-refractivity contribution in [3.8, 4) is 0 Å². The van der Waals surface area contributed by atoms with Crippen LogP contribution in [0.4, 0.5) is 4.39 Å². The number of rotatable bonds is 2. The fraction of sp³-hybridized carbons (Fsp3) is 0.250. The molecule has 1 N–H and O–H groups in total. The molecule has 1 aliphatic carbocycles. The first-order chi connectivity index (χ1) is 9.08. The maximum absolute atomic E-state index is 13.7. The number of benzene rings is 2. The average molecular weight is 277 g/mol. The lowest BCUT2D eigenvalue weighted by molar-refractivity contribution is 0.0389. The molecule has 3 rings (SSSR count). The molecule has 2 aromatic carbocycles. The van der Waals surface area contributed by atoms with E-state index in [-0.39, 0.29) is 5.82 Å². The van der Waals surface area contributed by atoms with Crippen LogP contribution in [-0.4, -0.2) is 5.11 Å². The van der Waals surface area contributed by atoms with Crippen LogP contribution >= 0.6 is 11.6 Å². The second-order valence-electron chi connectivity index (χ2n) is 5.10. The van der Waals surface area contributed by atoms with Crippen molar-refractivity contribution in [3.63, 3.8) is 0 Å². The largest absolute Gasteiger partial charge is 0.385 e. The summed E-state index contributed by atoms with van der Waals surface area (Å²) in [7, 11) is 0. The molecule has 0 aliphatic heterocycles. The molecule has 3 heteroatoms. The summed E-state index contributed by atoms with van der Waals surface area (Å²) in [5, 5.41) is 11.5. The summed E-state index contributed by atoms with van der Waals surface area (Å²) in [6.45, 7) is 0. The number of hydrogen-bond acceptors (Lipinski definition) is 1. The van der Waals surface area contributed by atoms with Gasteiger partial charge in [-0.1, -0.05) is 35.9 Å². The second kappa shape index (κ2) is 4.62. The van der Waals surface area contributed by atoms with E-state index < -0.39 is 5.60 Å². The second-order valence-corrected chi connectivity index (χ2v) is 5.54. The van der Waals surface area contributed by atoms with Crippen molar-refractivity contribution in [2.75, 3.05) is 0 Å². The van der Waals surface area contributed by atoms with Gasteiger partial charge < -0.3 is 5.11 Å². The van der Waals surface area contributed by atoms with Crippen LogP contribution in [-0.2, 0) is 18.4 Å². The van der Waals surface area contributed by atoms with E-state index in [0.29, 0.717) is 29.8 Å². The summed E-state index contributed by atoms with van der Waals surface area (Å²) < 4.78 is 13.7. The molecule has 0 radical (unpaired) electrons. The molecule has 1 nitrogen and oxygen atoms in total. The van der Waals surface area contributed by atoms with Crippen LogP contribution < -0.4 is 0 Å². The molecule has 0 heterocycles. The summed E-state index contributed by atoms with van der Waals surface area (Å²) in [6, 6.07) is 12.3. The minimum atomic E-state index is -0.967. The molecular weight excluding hydrogens is 263 g/mol. The number of fused-ring (bicyclic) bond motifs is 1. The zero-order valence-corrected chi connectivity index (χ0v) is 11.1. The van der Waals surface area contributed by atoms with Crippen LogP contribution in [0.25, 0.3) is 0 Å². The predicted molar refractivity (Wildman–Crippen MR) is 73.8 cm³/mol. The van der Waals surface area contributed by atoms with Crippen molar-refractivity contribution in [2.45, 2.75) is 24.9 Å². The topological polar surface area (TPSA) is 20.2 Å². The van der Waals surface area contributed by atoms with Crippen LogP contribution in [0, 0.1) is 5.82 Å². The highest BCUT2D eigenvalue weighted by molar-refractivity contribution is 6.30. The Morgan fingerprint density at radius 2 is 1.89 bits per heavy atom. The van der Waals surface area contributed by atoms with E-state index in [1.807, 2.05) is 30.3 Å². The molecular formula is C16H14ClFO. The summed E-state index contributed by atoms with van der Waals surface area (Å²) in [5.41, 5.74) is 1.41. The standard InChI is InChI=1S/C16H14ClFO/c17-12-6-4-11(5-7-12)10-16(19)9-8-13-14(16)2-1-3-15(13)18/h1-7,19H,8-10H2. The average Bonchev–Trinajstić information content (AvgIpc) is 2.72. The number of aliphatic hydroxyl groups is 1. The van der Waals surface area contributed by atoms with Gasteiger partial charge in [0.05, 0.1) is 5.60 Å². The Kier molecular flexibility index (Phi) is 3.08. The van der Waals surface area contributed by atoms with E-state index in [9.17, 15) is 9.50 Å². The highest BCUT2D eigenvalue weighted by Gasteiger charge is 2.37. The molecule has 0 spiro atoms. The van der Waals surface area contributed by atoms with E-state index in [0.717, 1.165) is 11.1 Å². The highest BCUT2D eigenvalue weighted by Crippen LogP contribution is 2.40. The Labute approximate surface area is 116 Å². The molecule has 0 amide bonds. The van der Waals surface area contributed by atoms with Crippen LogP contribution in [0.1, 0.15) is 23.1 Å². The van der Waals surface area contributed by atoms with Gasteiger partial charge in [-0.15, -0.1) is 0 Å². The fourth-order valence-electron chi connectivity index (χ4n) is 2.84. The number of hydrogen-bond donors (Lipinski definition) is 1. The monoisotopic (exact) mass is 276 g/mol. The SMILES string of the molecule is OC1(Cc2ccc(Cl)cc2)CCc2c(F)cccc21. The van der Waals surface area contributed by atoms with Gasteiger partial charge in [-0.3, -0.25) is 0 Å². The van der Waals surface area contributed by atoms with E-state index >= 15 is 0 Å². The summed E-state index contributed by atoms with van der Waals surface area (Å²) in [4.78, 5) is 0. The van der Waals surface area contributed by atoms with Gasteiger partial charge in [-0.05, 0) is 47.7 Å². The fourth-order valence-corrected chi connectivity index (χ4v) is 2.96. The van der Waals surface area contributed by atoms with Gasteiger partial charge in [-0.2, -0.15) is 0 Å². The Bertz CT molecular complexity index is 609. The van der Waals surface area contributed by atoms with Crippen molar-refractivity contribution in [2.24, 2.45) is 0 Å². The smallest absolute Gasteiger partial charge is 0.126 e. The molecule has 0 fully saturated rings. The Morgan fingerprint density at radius 3 is 2.63 bits per heavy atom. The minimum absolute atomic E-state index is 0.218. The zero-order valence-electron chi connectivity index (χ0n) is 10.4. The van der Waals surface area contributed by atoms with Crippen molar-refractivity contribution >= 4 is 11.6 Å². The van der Waals surface area contributed by atoms with Gasteiger partial charge in [-0.25, -0.2) is 4.39 Å². The van der Waals surface area contributed by atoms with Crippen molar-refractivity contribution in [1.29, 1.82) is 0 Å². The molecule has 1 aliphatic rings.